The third-order valence-corrected chi connectivity index (χ3v) is 1.45. The molecule has 0 saturated carbocycles. The van der Waals surface area contributed by atoms with Crippen LogP contribution in [0.3, 0.4) is 0 Å². The molecule has 0 heterocycles. The van der Waals surface area contributed by atoms with Gasteiger partial charge < -0.3 is 5.73 Å². The van der Waals surface area contributed by atoms with Crippen LogP contribution >= 0.6 is 0 Å². The topological polar surface area (TPSA) is 55.1 Å². The fraction of sp³-hybridized carbons (Fsp3) is 0.625. The summed E-state index contributed by atoms with van der Waals surface area (Å²) in [5.74, 6) is 2.11. The summed E-state index contributed by atoms with van der Waals surface area (Å²) in [5.41, 5.74) is 5.08. The summed E-state index contributed by atoms with van der Waals surface area (Å²) in [5, 5.41) is 2.91. The summed E-state index contributed by atoms with van der Waals surface area (Å²) in [6, 6.07) is -0.409. The van der Waals surface area contributed by atoms with Gasteiger partial charge in [-0.1, -0.05) is 12.8 Å². The van der Waals surface area contributed by atoms with Gasteiger partial charge in [0.1, 0.15) is 0 Å². The molecule has 0 aromatic rings. The highest BCUT2D eigenvalue weighted by molar-refractivity contribution is 5.79. The van der Waals surface area contributed by atoms with E-state index in [1.807, 2.05) is 13.8 Å². The molecule has 1 amide bonds. The van der Waals surface area contributed by atoms with Crippen LogP contribution in [0.5, 0.6) is 0 Å². The number of nitrogens with one attached hydrogen (secondary N) is 1. The van der Waals surface area contributed by atoms with Crippen molar-refractivity contribution in [3.05, 3.63) is 0 Å². The van der Waals surface area contributed by atoms with Crippen LogP contribution in [0, 0.1) is 12.3 Å². The molecule has 0 aliphatic heterocycles. The molecule has 0 spiro atoms. The zero-order valence-electron chi connectivity index (χ0n) is 6.92. The highest BCUT2D eigenvalue weighted by Gasteiger charge is 2.13. The third-order valence-electron chi connectivity index (χ3n) is 1.45. The van der Waals surface area contributed by atoms with Crippen molar-refractivity contribution in [2.75, 3.05) is 0 Å². The van der Waals surface area contributed by atoms with Crippen LogP contribution in [0.4, 0.5) is 0 Å². The van der Waals surface area contributed by atoms with E-state index in [1.54, 1.807) is 0 Å². The van der Waals surface area contributed by atoms with Gasteiger partial charge in [-0.2, -0.15) is 0 Å². The Balaban J connectivity index is 3.90. The lowest BCUT2D eigenvalue weighted by Crippen LogP contribution is -2.44. The molecule has 0 rings (SSSR count). The number of hydrogen-bond donors (Lipinski definition) is 2. The maximum absolute atomic E-state index is 10.7. The van der Waals surface area contributed by atoms with E-state index in [-0.39, 0.29) is 18.0 Å². The predicted molar refractivity (Wildman–Crippen MR) is 44.7 cm³/mol. The summed E-state index contributed by atoms with van der Waals surface area (Å²) < 4.78 is 0. The molecule has 3 heteroatoms. The van der Waals surface area contributed by atoms with Crippen LogP contribution in [-0.2, 0) is 4.79 Å². The first-order chi connectivity index (χ1) is 5.11. The van der Waals surface area contributed by atoms with Crippen molar-refractivity contribution in [3.63, 3.8) is 0 Å². The number of hydrogen-bond acceptors (Lipinski definition) is 2. The maximum atomic E-state index is 10.7. The van der Waals surface area contributed by atoms with Crippen molar-refractivity contribution in [3.8, 4) is 12.3 Å². The summed E-state index contributed by atoms with van der Waals surface area (Å²) in [4.78, 5) is 10.7. The molecule has 0 aromatic heterocycles. The quantitative estimate of drug-likeness (QED) is 0.554. The molecule has 11 heavy (non-hydrogen) atoms. The van der Waals surface area contributed by atoms with E-state index >= 15 is 0 Å². The number of primary amides is 1. The third kappa shape index (κ3) is 3.64. The second kappa shape index (κ2) is 4.75. The molecule has 2 atom stereocenters. The fourth-order valence-electron chi connectivity index (χ4n) is 0.751. The molecule has 0 aliphatic rings. The number of carbonyl (C=O) groups excluding carboxylic acids is 1. The monoisotopic (exact) mass is 154 g/mol. The van der Waals surface area contributed by atoms with Gasteiger partial charge in [0, 0.05) is 0 Å². The second-order valence-electron chi connectivity index (χ2n) is 2.42. The van der Waals surface area contributed by atoms with Gasteiger partial charge in [-0.15, -0.1) is 6.42 Å². The van der Waals surface area contributed by atoms with E-state index in [1.165, 1.54) is 0 Å². The summed E-state index contributed by atoms with van der Waals surface area (Å²) >= 11 is 0. The molecule has 0 aliphatic carbocycles. The van der Waals surface area contributed by atoms with Crippen LogP contribution in [0.2, 0.25) is 0 Å². The standard InChI is InChI=1S/C8H14N2O/c1-4-6(3)10-7(5-2)8(9)11/h1,6-7,10H,5H2,2-3H3,(H2,9,11). The smallest absolute Gasteiger partial charge is 0.234 e. The van der Waals surface area contributed by atoms with E-state index in [2.05, 4.69) is 11.2 Å². The van der Waals surface area contributed by atoms with Crippen molar-refractivity contribution < 1.29 is 4.79 Å². The Morgan fingerprint density at radius 2 is 2.36 bits per heavy atom. The number of carbonyl (C=O) groups is 1. The summed E-state index contributed by atoms with van der Waals surface area (Å²) in [6.45, 7) is 3.69. The van der Waals surface area contributed by atoms with E-state index in [0.29, 0.717) is 6.42 Å². The van der Waals surface area contributed by atoms with E-state index in [0.717, 1.165) is 0 Å². The number of nitrogens with two attached hydrogens (primary N) is 1. The molecule has 3 N–H and O–H groups in total. The molecule has 0 fully saturated rings. The van der Waals surface area contributed by atoms with Gasteiger partial charge in [0.2, 0.25) is 5.91 Å². The van der Waals surface area contributed by atoms with E-state index in [9.17, 15) is 4.79 Å². The Hall–Kier alpha value is -1.01. The fourth-order valence-corrected chi connectivity index (χ4v) is 0.751. The van der Waals surface area contributed by atoms with Crippen LogP contribution in [0.1, 0.15) is 20.3 Å². The van der Waals surface area contributed by atoms with Gasteiger partial charge in [-0.3, -0.25) is 10.1 Å². The zero-order valence-corrected chi connectivity index (χ0v) is 6.92. The molecule has 0 radical (unpaired) electrons. The average molecular weight is 154 g/mol. The first-order valence-electron chi connectivity index (χ1n) is 3.63. The highest BCUT2D eigenvalue weighted by atomic mass is 16.1. The van der Waals surface area contributed by atoms with E-state index < -0.39 is 0 Å². The Bertz CT molecular complexity index is 171. The van der Waals surface area contributed by atoms with Gasteiger partial charge in [0.05, 0.1) is 12.1 Å². The molecule has 3 nitrogen and oxygen atoms in total. The normalized spacial score (nSPS) is 15.0. The Labute approximate surface area is 67.3 Å². The van der Waals surface area contributed by atoms with Crippen molar-refractivity contribution in [2.24, 2.45) is 5.73 Å². The van der Waals surface area contributed by atoms with Crippen LogP contribution < -0.4 is 11.1 Å². The first-order valence-corrected chi connectivity index (χ1v) is 3.63. The lowest BCUT2D eigenvalue weighted by Gasteiger charge is -2.14. The van der Waals surface area contributed by atoms with Crippen LogP contribution in [-0.4, -0.2) is 18.0 Å². The van der Waals surface area contributed by atoms with Crippen molar-refractivity contribution >= 4 is 5.91 Å². The molecule has 2 unspecified atom stereocenters. The predicted octanol–water partition coefficient (Wildman–Crippen LogP) is -0.138. The highest BCUT2D eigenvalue weighted by Crippen LogP contribution is 1.91. The lowest BCUT2D eigenvalue weighted by molar-refractivity contribution is -0.120. The van der Waals surface area contributed by atoms with Gasteiger partial charge in [0.15, 0.2) is 0 Å². The van der Waals surface area contributed by atoms with Gasteiger partial charge >= 0.3 is 0 Å². The Kier molecular flexibility index (Phi) is 4.32. The Morgan fingerprint density at radius 3 is 2.64 bits per heavy atom. The van der Waals surface area contributed by atoms with Gasteiger partial charge in [-0.05, 0) is 13.3 Å². The van der Waals surface area contributed by atoms with Crippen molar-refractivity contribution in [2.45, 2.75) is 32.4 Å². The second-order valence-corrected chi connectivity index (χ2v) is 2.42. The largest absolute Gasteiger partial charge is 0.368 e. The maximum Gasteiger partial charge on any atom is 0.234 e. The molecule has 0 bridgehead atoms. The summed E-state index contributed by atoms with van der Waals surface area (Å²) in [6.07, 6.45) is 5.78. The van der Waals surface area contributed by atoms with Crippen molar-refractivity contribution in [1.29, 1.82) is 0 Å². The summed E-state index contributed by atoms with van der Waals surface area (Å²) in [7, 11) is 0. The number of terminal acetylenes is 1. The Morgan fingerprint density at radius 1 is 1.82 bits per heavy atom. The number of rotatable bonds is 4. The molecule has 0 saturated heterocycles. The van der Waals surface area contributed by atoms with Crippen molar-refractivity contribution in [1.82, 2.24) is 5.32 Å². The van der Waals surface area contributed by atoms with Gasteiger partial charge in [-0.25, -0.2) is 0 Å². The minimum atomic E-state index is -0.352. The lowest BCUT2D eigenvalue weighted by atomic mass is 10.2. The molecule has 0 aromatic carbocycles. The van der Waals surface area contributed by atoms with E-state index in [4.69, 9.17) is 12.2 Å². The minimum Gasteiger partial charge on any atom is -0.368 e. The average Bonchev–Trinajstić information content (AvgIpc) is 1.99. The molecular formula is C8H14N2O. The van der Waals surface area contributed by atoms with Crippen LogP contribution in [0.25, 0.3) is 0 Å². The van der Waals surface area contributed by atoms with Gasteiger partial charge in [0.25, 0.3) is 0 Å². The number of amides is 1. The molecular weight excluding hydrogens is 140 g/mol. The zero-order chi connectivity index (χ0) is 8.85. The SMILES string of the molecule is C#CC(C)NC(CC)C(N)=O. The molecule has 62 valence electrons. The van der Waals surface area contributed by atoms with Crippen LogP contribution in [0.15, 0.2) is 0 Å². The minimum absolute atomic E-state index is 0.104. The first kappa shape index (κ1) is 9.99.